The van der Waals surface area contributed by atoms with E-state index in [0.717, 1.165) is 37.2 Å². The van der Waals surface area contributed by atoms with Crippen LogP contribution >= 0.6 is 0 Å². The van der Waals surface area contributed by atoms with E-state index in [9.17, 15) is 4.79 Å². The largest absolute Gasteiger partial charge is 0.464 e. The van der Waals surface area contributed by atoms with Crippen LogP contribution in [0, 0.1) is 12.8 Å². The van der Waals surface area contributed by atoms with E-state index in [4.69, 9.17) is 4.42 Å². The van der Waals surface area contributed by atoms with Gasteiger partial charge in [-0.15, -0.1) is 0 Å². The van der Waals surface area contributed by atoms with Crippen molar-refractivity contribution in [3.8, 4) is 0 Å². The SMILES string of the molecule is Cc1ccc(CN(C(=O)C2CC2)C2CC2)o1. The van der Waals surface area contributed by atoms with E-state index >= 15 is 0 Å². The fourth-order valence-electron chi connectivity index (χ4n) is 2.08. The second-order valence-electron chi connectivity index (χ2n) is 4.98. The molecule has 0 saturated heterocycles. The summed E-state index contributed by atoms with van der Waals surface area (Å²) in [5.74, 6) is 2.50. The van der Waals surface area contributed by atoms with Gasteiger partial charge in [0.15, 0.2) is 0 Å². The molecule has 0 N–H and O–H groups in total. The van der Waals surface area contributed by atoms with Crippen LogP contribution in [0.4, 0.5) is 0 Å². The Morgan fingerprint density at radius 2 is 2.12 bits per heavy atom. The zero-order valence-corrected chi connectivity index (χ0v) is 9.61. The number of carbonyl (C=O) groups excluding carboxylic acids is 1. The van der Waals surface area contributed by atoms with Crippen LogP contribution in [0.25, 0.3) is 0 Å². The maximum atomic E-state index is 12.1. The van der Waals surface area contributed by atoms with Gasteiger partial charge in [-0.1, -0.05) is 0 Å². The van der Waals surface area contributed by atoms with Crippen molar-refractivity contribution in [1.82, 2.24) is 4.90 Å². The zero-order chi connectivity index (χ0) is 11.1. The highest BCUT2D eigenvalue weighted by atomic mass is 16.3. The number of carbonyl (C=O) groups is 1. The first kappa shape index (κ1) is 9.94. The molecule has 1 heterocycles. The van der Waals surface area contributed by atoms with Gasteiger partial charge in [0, 0.05) is 12.0 Å². The van der Waals surface area contributed by atoms with Crippen LogP contribution < -0.4 is 0 Å². The molecule has 3 heteroatoms. The number of furan rings is 1. The van der Waals surface area contributed by atoms with Crippen molar-refractivity contribution in [3.63, 3.8) is 0 Å². The third-order valence-corrected chi connectivity index (χ3v) is 3.32. The number of hydrogen-bond acceptors (Lipinski definition) is 2. The minimum absolute atomic E-state index is 0.316. The Balaban J connectivity index is 1.70. The van der Waals surface area contributed by atoms with Crippen LogP contribution in [-0.2, 0) is 11.3 Å². The molecule has 0 bridgehead atoms. The van der Waals surface area contributed by atoms with Crippen molar-refractivity contribution in [3.05, 3.63) is 23.7 Å². The molecule has 2 aliphatic carbocycles. The van der Waals surface area contributed by atoms with Gasteiger partial charge in [0.1, 0.15) is 11.5 Å². The quantitative estimate of drug-likeness (QED) is 0.779. The molecule has 0 aromatic carbocycles. The van der Waals surface area contributed by atoms with Gasteiger partial charge in [0.2, 0.25) is 5.91 Å². The fraction of sp³-hybridized carbons (Fsp3) is 0.615. The summed E-state index contributed by atoms with van der Waals surface area (Å²) < 4.78 is 5.55. The normalized spacial score (nSPS) is 19.8. The van der Waals surface area contributed by atoms with Crippen LogP contribution in [0.2, 0.25) is 0 Å². The van der Waals surface area contributed by atoms with Crippen molar-refractivity contribution in [2.45, 2.75) is 45.2 Å². The number of rotatable bonds is 4. The van der Waals surface area contributed by atoms with E-state index in [-0.39, 0.29) is 0 Å². The smallest absolute Gasteiger partial charge is 0.226 e. The Morgan fingerprint density at radius 3 is 2.62 bits per heavy atom. The van der Waals surface area contributed by atoms with E-state index < -0.39 is 0 Å². The second kappa shape index (κ2) is 3.65. The molecule has 0 unspecified atom stereocenters. The number of nitrogens with zero attached hydrogens (tertiary/aromatic N) is 1. The fourth-order valence-corrected chi connectivity index (χ4v) is 2.08. The van der Waals surface area contributed by atoms with E-state index in [1.807, 2.05) is 24.0 Å². The third-order valence-electron chi connectivity index (χ3n) is 3.32. The highest BCUT2D eigenvalue weighted by Crippen LogP contribution is 2.36. The molecule has 0 aliphatic heterocycles. The molecule has 2 aliphatic rings. The van der Waals surface area contributed by atoms with E-state index in [1.54, 1.807) is 0 Å². The molecule has 0 atom stereocenters. The van der Waals surface area contributed by atoms with E-state index in [2.05, 4.69) is 0 Å². The maximum Gasteiger partial charge on any atom is 0.226 e. The summed E-state index contributed by atoms with van der Waals surface area (Å²) in [6.07, 6.45) is 4.49. The predicted octanol–water partition coefficient (Wildman–Crippen LogP) is 2.49. The summed E-state index contributed by atoms with van der Waals surface area (Å²) in [4.78, 5) is 14.1. The topological polar surface area (TPSA) is 33.5 Å². The number of hydrogen-bond donors (Lipinski definition) is 0. The molecule has 3 rings (SSSR count). The number of amides is 1. The summed E-state index contributed by atoms with van der Waals surface area (Å²) in [5, 5.41) is 0. The summed E-state index contributed by atoms with van der Waals surface area (Å²) in [6, 6.07) is 4.42. The predicted molar refractivity (Wildman–Crippen MR) is 59.7 cm³/mol. The lowest BCUT2D eigenvalue weighted by molar-refractivity contribution is -0.134. The minimum Gasteiger partial charge on any atom is -0.464 e. The van der Waals surface area contributed by atoms with Gasteiger partial charge in [-0.05, 0) is 44.7 Å². The maximum absolute atomic E-state index is 12.1. The lowest BCUT2D eigenvalue weighted by Gasteiger charge is -2.21. The summed E-state index contributed by atoms with van der Waals surface area (Å²) in [5.41, 5.74) is 0. The van der Waals surface area contributed by atoms with Gasteiger partial charge in [-0.3, -0.25) is 4.79 Å². The molecule has 2 fully saturated rings. The average Bonchev–Trinajstić information content (AvgIpc) is 3.13. The van der Waals surface area contributed by atoms with Gasteiger partial charge >= 0.3 is 0 Å². The Hall–Kier alpha value is -1.25. The van der Waals surface area contributed by atoms with Crippen LogP contribution in [0.3, 0.4) is 0 Å². The number of aryl methyl sites for hydroxylation is 1. The Morgan fingerprint density at radius 1 is 1.38 bits per heavy atom. The van der Waals surface area contributed by atoms with Crippen LogP contribution in [-0.4, -0.2) is 16.8 Å². The van der Waals surface area contributed by atoms with Gasteiger partial charge in [-0.2, -0.15) is 0 Å². The Kier molecular flexibility index (Phi) is 2.27. The monoisotopic (exact) mass is 219 g/mol. The molecule has 3 nitrogen and oxygen atoms in total. The summed E-state index contributed by atoms with van der Waals surface area (Å²) in [7, 11) is 0. The lowest BCUT2D eigenvalue weighted by atomic mass is 10.3. The first-order valence-corrected chi connectivity index (χ1v) is 6.10. The van der Waals surface area contributed by atoms with Crippen molar-refractivity contribution in [2.75, 3.05) is 0 Å². The van der Waals surface area contributed by atoms with Crippen molar-refractivity contribution in [1.29, 1.82) is 0 Å². The first-order chi connectivity index (χ1) is 7.74. The van der Waals surface area contributed by atoms with Gasteiger partial charge < -0.3 is 9.32 Å². The molecule has 1 aromatic heterocycles. The van der Waals surface area contributed by atoms with Crippen molar-refractivity contribution < 1.29 is 9.21 Å². The van der Waals surface area contributed by atoms with E-state index in [1.165, 1.54) is 0 Å². The molecular formula is C13H17NO2. The molecule has 1 aromatic rings. The summed E-state index contributed by atoms with van der Waals surface area (Å²) >= 11 is 0. The highest BCUT2D eigenvalue weighted by molar-refractivity contribution is 5.81. The molecule has 86 valence electrons. The van der Waals surface area contributed by atoms with Crippen LogP contribution in [0.15, 0.2) is 16.5 Å². The second-order valence-corrected chi connectivity index (χ2v) is 4.98. The lowest BCUT2D eigenvalue weighted by Crippen LogP contribution is -2.33. The minimum atomic E-state index is 0.316. The van der Waals surface area contributed by atoms with Crippen LogP contribution in [0.1, 0.15) is 37.2 Å². The van der Waals surface area contributed by atoms with Gasteiger partial charge in [-0.25, -0.2) is 0 Å². The highest BCUT2D eigenvalue weighted by Gasteiger charge is 2.40. The Labute approximate surface area is 95.4 Å². The molecule has 16 heavy (non-hydrogen) atoms. The van der Waals surface area contributed by atoms with Crippen molar-refractivity contribution in [2.24, 2.45) is 5.92 Å². The van der Waals surface area contributed by atoms with Gasteiger partial charge in [0.05, 0.1) is 6.54 Å². The van der Waals surface area contributed by atoms with Crippen LogP contribution in [0.5, 0.6) is 0 Å². The molecule has 2 saturated carbocycles. The molecular weight excluding hydrogens is 202 g/mol. The third kappa shape index (κ3) is 1.99. The molecule has 1 amide bonds. The summed E-state index contributed by atoms with van der Waals surface area (Å²) in [6.45, 7) is 2.60. The molecule has 0 spiro atoms. The van der Waals surface area contributed by atoms with Gasteiger partial charge in [0.25, 0.3) is 0 Å². The first-order valence-electron chi connectivity index (χ1n) is 6.10. The van der Waals surface area contributed by atoms with E-state index in [0.29, 0.717) is 24.4 Å². The Bertz CT molecular complexity index is 402. The molecule has 0 radical (unpaired) electrons. The average molecular weight is 219 g/mol. The zero-order valence-electron chi connectivity index (χ0n) is 9.61. The van der Waals surface area contributed by atoms with Crippen molar-refractivity contribution >= 4 is 5.91 Å². The standard InChI is InChI=1S/C13H17NO2/c1-9-2-7-12(16-9)8-14(11-5-6-11)13(15)10-3-4-10/h2,7,10-11H,3-6,8H2,1H3.